The zero-order valence-corrected chi connectivity index (χ0v) is 25.2. The van der Waals surface area contributed by atoms with Crippen LogP contribution < -0.4 is 15.4 Å². The normalized spacial score (nSPS) is 12.8. The number of halogens is 1. The molecule has 1 aliphatic carbocycles. The number of thiophene rings is 1. The molecule has 43 heavy (non-hydrogen) atoms. The number of benzene rings is 2. The molecule has 10 nitrogen and oxygen atoms in total. The number of rotatable bonds is 12. The predicted octanol–water partition coefficient (Wildman–Crippen LogP) is 4.95. The lowest BCUT2D eigenvalue weighted by atomic mass is 10.1. The molecule has 0 bridgehead atoms. The Balaban J connectivity index is 1.30. The van der Waals surface area contributed by atoms with Crippen molar-refractivity contribution in [3.63, 3.8) is 0 Å². The molecule has 2 aromatic heterocycles. The van der Waals surface area contributed by atoms with E-state index in [1.54, 1.807) is 42.7 Å². The molecule has 0 saturated heterocycles. The second kappa shape index (κ2) is 13.8. The van der Waals surface area contributed by atoms with Gasteiger partial charge in [0.15, 0.2) is 17.6 Å². The summed E-state index contributed by atoms with van der Waals surface area (Å²) < 4.78 is 26.2. The van der Waals surface area contributed by atoms with Gasteiger partial charge in [-0.3, -0.25) is 14.2 Å². The summed E-state index contributed by atoms with van der Waals surface area (Å²) in [5.41, 5.74) is 1.95. The van der Waals surface area contributed by atoms with Gasteiger partial charge in [0.25, 0.3) is 5.91 Å². The number of aryl methyl sites for hydroxylation is 1. The van der Waals surface area contributed by atoms with Gasteiger partial charge >= 0.3 is 5.97 Å². The van der Waals surface area contributed by atoms with Crippen molar-refractivity contribution in [1.82, 2.24) is 20.1 Å². The van der Waals surface area contributed by atoms with Gasteiger partial charge in [0.1, 0.15) is 16.6 Å². The number of esters is 1. The van der Waals surface area contributed by atoms with Gasteiger partial charge in [-0.25, -0.2) is 9.18 Å². The Morgan fingerprint density at radius 2 is 1.86 bits per heavy atom. The third-order valence-corrected chi connectivity index (χ3v) is 8.88. The summed E-state index contributed by atoms with van der Waals surface area (Å²) in [6.45, 7) is 3.54. The topological polar surface area (TPSA) is 124 Å². The summed E-state index contributed by atoms with van der Waals surface area (Å²) in [4.78, 5) is 39.6. The Labute approximate surface area is 256 Å². The number of hydrogen-bond donors (Lipinski definition) is 2. The number of carbonyl (C=O) groups excluding carboxylic acids is 3. The Morgan fingerprint density at radius 3 is 2.60 bits per heavy atom. The minimum Gasteiger partial charge on any atom is -0.484 e. The van der Waals surface area contributed by atoms with Gasteiger partial charge < -0.3 is 20.1 Å². The van der Waals surface area contributed by atoms with Crippen LogP contribution in [0.25, 0.3) is 5.69 Å². The maximum Gasteiger partial charge on any atom is 0.341 e. The third kappa shape index (κ3) is 7.23. The number of carbonyl (C=O) groups is 3. The first kappa shape index (κ1) is 30.2. The van der Waals surface area contributed by atoms with Crippen LogP contribution in [0, 0.1) is 5.82 Å². The lowest BCUT2D eigenvalue weighted by Crippen LogP contribution is -2.29. The number of amides is 2. The molecule has 0 saturated carbocycles. The van der Waals surface area contributed by atoms with E-state index in [2.05, 4.69) is 20.8 Å². The van der Waals surface area contributed by atoms with Gasteiger partial charge in [-0.1, -0.05) is 30.0 Å². The first-order chi connectivity index (χ1) is 20.8. The number of para-hydroxylation sites is 1. The highest BCUT2D eigenvalue weighted by Gasteiger charge is 2.30. The van der Waals surface area contributed by atoms with Gasteiger partial charge in [0, 0.05) is 10.6 Å². The Kier molecular flexibility index (Phi) is 9.72. The highest BCUT2D eigenvalue weighted by molar-refractivity contribution is 8.00. The molecule has 4 aromatic rings. The van der Waals surface area contributed by atoms with Crippen LogP contribution in [0.2, 0.25) is 0 Å². The first-order valence-corrected chi connectivity index (χ1v) is 15.5. The predicted molar refractivity (Wildman–Crippen MR) is 161 cm³/mol. The van der Waals surface area contributed by atoms with Crippen LogP contribution >= 0.6 is 23.1 Å². The van der Waals surface area contributed by atoms with Crippen molar-refractivity contribution in [3.05, 3.63) is 82.2 Å². The third-order valence-electron chi connectivity index (χ3n) is 6.63. The lowest BCUT2D eigenvalue weighted by Gasteiger charge is -2.14. The van der Waals surface area contributed by atoms with Crippen molar-refractivity contribution in [2.45, 2.75) is 50.1 Å². The fraction of sp³-hybridized carbons (Fsp3) is 0.300. The van der Waals surface area contributed by atoms with E-state index in [9.17, 15) is 18.8 Å². The molecular formula is C30H30FN5O5S2. The van der Waals surface area contributed by atoms with E-state index < -0.39 is 17.0 Å². The van der Waals surface area contributed by atoms with Gasteiger partial charge in [0.2, 0.25) is 5.91 Å². The van der Waals surface area contributed by atoms with Gasteiger partial charge in [-0.2, -0.15) is 0 Å². The van der Waals surface area contributed by atoms with E-state index in [1.807, 2.05) is 18.2 Å². The van der Waals surface area contributed by atoms with E-state index >= 15 is 0 Å². The highest BCUT2D eigenvalue weighted by Crippen LogP contribution is 2.40. The van der Waals surface area contributed by atoms with E-state index in [0.717, 1.165) is 41.5 Å². The largest absolute Gasteiger partial charge is 0.484 e. The quantitative estimate of drug-likeness (QED) is 0.168. The number of aromatic nitrogens is 3. The van der Waals surface area contributed by atoms with E-state index in [4.69, 9.17) is 9.47 Å². The number of nitrogens with zero attached hydrogens (tertiary/aromatic N) is 3. The summed E-state index contributed by atoms with van der Waals surface area (Å²) in [5.74, 6) is -0.577. The van der Waals surface area contributed by atoms with Crippen molar-refractivity contribution in [3.8, 4) is 11.4 Å². The molecular weight excluding hydrogens is 593 g/mol. The molecule has 0 aliphatic heterocycles. The number of anilines is 1. The molecule has 5 rings (SSSR count). The molecule has 2 heterocycles. The van der Waals surface area contributed by atoms with Crippen molar-refractivity contribution < 1.29 is 28.2 Å². The van der Waals surface area contributed by atoms with Gasteiger partial charge in [-0.05, 0) is 75.1 Å². The van der Waals surface area contributed by atoms with Crippen LogP contribution in [-0.2, 0) is 33.7 Å². The molecule has 0 radical (unpaired) electrons. The number of fused-ring (bicyclic) bond motifs is 1. The van der Waals surface area contributed by atoms with Gasteiger partial charge in [-0.15, -0.1) is 21.5 Å². The highest BCUT2D eigenvalue weighted by atomic mass is 32.2. The molecule has 0 fully saturated rings. The molecule has 2 aromatic carbocycles. The van der Waals surface area contributed by atoms with Crippen molar-refractivity contribution in [1.29, 1.82) is 0 Å². The standard InChI is InChI=1S/C30H30FN5O5S2/c1-3-40-29(39)26-22-10-7-11-23(22)43-28(26)33-27(38)18(2)42-30-35-34-24(36(30)20-14-12-19(31)13-15-20)16-32-25(37)17-41-21-8-5-4-6-9-21/h4-6,8-9,12-15,18H,3,7,10-11,16-17H2,1-2H3,(H,32,37)(H,33,38)/t18-/m0/s1. The number of nitrogens with one attached hydrogen (secondary N) is 2. The number of hydrogen-bond acceptors (Lipinski definition) is 9. The van der Waals surface area contributed by atoms with E-state index in [-0.39, 0.29) is 31.6 Å². The Bertz CT molecular complexity index is 1610. The maximum atomic E-state index is 13.7. The molecule has 224 valence electrons. The summed E-state index contributed by atoms with van der Waals surface area (Å²) >= 11 is 2.56. The average molecular weight is 624 g/mol. The smallest absolute Gasteiger partial charge is 0.341 e. The zero-order valence-electron chi connectivity index (χ0n) is 23.6. The SMILES string of the molecule is CCOC(=O)c1c(NC(=O)[C@H](C)Sc2nnc(CNC(=O)COc3ccccc3)n2-c2ccc(F)cc2)sc2c1CCC2. The molecule has 13 heteroatoms. The zero-order chi connectivity index (χ0) is 30.3. The minimum absolute atomic E-state index is 0.0200. The summed E-state index contributed by atoms with van der Waals surface area (Å²) in [6.07, 6.45) is 2.61. The van der Waals surface area contributed by atoms with Crippen LogP contribution in [0.1, 0.15) is 46.9 Å². The van der Waals surface area contributed by atoms with Crippen LogP contribution in [-0.4, -0.2) is 51.0 Å². The molecule has 2 N–H and O–H groups in total. The van der Waals surface area contributed by atoms with E-state index in [1.165, 1.54) is 23.5 Å². The first-order valence-electron chi connectivity index (χ1n) is 13.8. The molecule has 2 amide bonds. The molecule has 1 aliphatic rings. The van der Waals surface area contributed by atoms with Crippen LogP contribution in [0.4, 0.5) is 9.39 Å². The number of ether oxygens (including phenoxy) is 2. The maximum absolute atomic E-state index is 13.7. The second-order valence-corrected chi connectivity index (χ2v) is 12.0. The van der Waals surface area contributed by atoms with Gasteiger partial charge in [0.05, 0.1) is 24.0 Å². The fourth-order valence-electron chi connectivity index (χ4n) is 4.57. The molecule has 1 atom stereocenters. The van der Waals surface area contributed by atoms with Crippen LogP contribution in [0.3, 0.4) is 0 Å². The fourth-order valence-corrected chi connectivity index (χ4v) is 6.74. The summed E-state index contributed by atoms with van der Waals surface area (Å²) in [6, 6.07) is 14.7. The van der Waals surface area contributed by atoms with Crippen LogP contribution in [0.5, 0.6) is 5.75 Å². The average Bonchev–Trinajstić information content (AvgIpc) is 3.71. The van der Waals surface area contributed by atoms with Crippen molar-refractivity contribution >= 4 is 45.9 Å². The second-order valence-electron chi connectivity index (χ2n) is 9.62. The van der Waals surface area contributed by atoms with Crippen molar-refractivity contribution in [2.75, 3.05) is 18.5 Å². The Morgan fingerprint density at radius 1 is 1.09 bits per heavy atom. The van der Waals surface area contributed by atoms with E-state index in [0.29, 0.717) is 33.0 Å². The lowest BCUT2D eigenvalue weighted by molar-refractivity contribution is -0.123. The van der Waals surface area contributed by atoms with Crippen LogP contribution in [0.15, 0.2) is 59.8 Å². The number of thioether (sulfide) groups is 1. The summed E-state index contributed by atoms with van der Waals surface area (Å²) in [5, 5.41) is 14.4. The molecule has 0 spiro atoms. The minimum atomic E-state index is -0.642. The van der Waals surface area contributed by atoms with Crippen molar-refractivity contribution in [2.24, 2.45) is 0 Å². The summed E-state index contributed by atoms with van der Waals surface area (Å²) in [7, 11) is 0. The Hall–Kier alpha value is -4.23. The molecule has 0 unspecified atom stereocenters. The monoisotopic (exact) mass is 623 g/mol.